The van der Waals surface area contributed by atoms with E-state index in [1.165, 1.54) is 19.2 Å². The highest BCUT2D eigenvalue weighted by molar-refractivity contribution is 7.89. The summed E-state index contributed by atoms with van der Waals surface area (Å²) in [6.07, 6.45) is 1.35. The Hall–Kier alpha value is -1.11. The summed E-state index contributed by atoms with van der Waals surface area (Å²) in [5.74, 6) is 0.628. The van der Waals surface area contributed by atoms with Crippen molar-refractivity contribution in [2.75, 3.05) is 13.7 Å². The summed E-state index contributed by atoms with van der Waals surface area (Å²) in [6.45, 7) is 2.39. The van der Waals surface area contributed by atoms with Crippen LogP contribution in [0.25, 0.3) is 0 Å². The van der Waals surface area contributed by atoms with Crippen LogP contribution in [0.15, 0.2) is 29.2 Å². The van der Waals surface area contributed by atoms with Gasteiger partial charge in [0.2, 0.25) is 10.0 Å². The first-order valence-electron chi connectivity index (χ1n) is 5.90. The summed E-state index contributed by atoms with van der Waals surface area (Å²) < 4.78 is 31.8. The number of nitrogens with one attached hydrogen (secondary N) is 1. The molecule has 0 fully saturated rings. The van der Waals surface area contributed by atoms with Crippen molar-refractivity contribution in [3.8, 4) is 5.75 Å². The van der Waals surface area contributed by atoms with Crippen LogP contribution < -0.4 is 15.2 Å². The van der Waals surface area contributed by atoms with E-state index in [1.807, 2.05) is 6.92 Å². The highest BCUT2D eigenvalue weighted by Crippen LogP contribution is 2.16. The van der Waals surface area contributed by atoms with Crippen molar-refractivity contribution in [2.45, 2.75) is 30.7 Å². The molecule has 5 nitrogen and oxygen atoms in total. The van der Waals surface area contributed by atoms with Crippen LogP contribution in [0.2, 0.25) is 0 Å². The van der Waals surface area contributed by atoms with Gasteiger partial charge in [0.25, 0.3) is 0 Å². The summed E-state index contributed by atoms with van der Waals surface area (Å²) in [7, 11) is -1.94. The van der Waals surface area contributed by atoms with E-state index in [0.717, 1.165) is 0 Å². The van der Waals surface area contributed by atoms with E-state index in [-0.39, 0.29) is 10.9 Å². The third-order valence-electron chi connectivity index (χ3n) is 2.70. The summed E-state index contributed by atoms with van der Waals surface area (Å²) in [5, 5.41) is 0. The molecule has 0 saturated carbocycles. The molecule has 18 heavy (non-hydrogen) atoms. The summed E-state index contributed by atoms with van der Waals surface area (Å²) in [5.41, 5.74) is 5.45. The Labute approximate surface area is 108 Å². The van der Waals surface area contributed by atoms with Crippen molar-refractivity contribution < 1.29 is 13.2 Å². The van der Waals surface area contributed by atoms with Gasteiger partial charge in [-0.2, -0.15) is 0 Å². The monoisotopic (exact) mass is 272 g/mol. The fourth-order valence-electron chi connectivity index (χ4n) is 1.59. The second kappa shape index (κ2) is 6.72. The van der Waals surface area contributed by atoms with E-state index in [4.69, 9.17) is 10.5 Å². The first-order chi connectivity index (χ1) is 8.53. The van der Waals surface area contributed by atoms with Crippen molar-refractivity contribution in [3.05, 3.63) is 24.3 Å². The molecule has 1 atom stereocenters. The van der Waals surface area contributed by atoms with Crippen LogP contribution in [0.1, 0.15) is 19.8 Å². The van der Waals surface area contributed by atoms with E-state index in [9.17, 15) is 8.42 Å². The van der Waals surface area contributed by atoms with Crippen LogP contribution >= 0.6 is 0 Å². The van der Waals surface area contributed by atoms with Gasteiger partial charge in [-0.05, 0) is 43.7 Å². The first-order valence-corrected chi connectivity index (χ1v) is 7.38. The van der Waals surface area contributed by atoms with Crippen molar-refractivity contribution in [2.24, 2.45) is 5.73 Å². The molecule has 0 bridgehead atoms. The normalized spacial score (nSPS) is 13.3. The zero-order chi connectivity index (χ0) is 13.6. The minimum atomic E-state index is -3.48. The van der Waals surface area contributed by atoms with Crippen molar-refractivity contribution in [1.82, 2.24) is 4.72 Å². The molecule has 0 radical (unpaired) electrons. The molecule has 102 valence electrons. The molecule has 0 aliphatic heterocycles. The second-order valence-corrected chi connectivity index (χ2v) is 5.69. The van der Waals surface area contributed by atoms with Crippen LogP contribution in [0.3, 0.4) is 0 Å². The maximum absolute atomic E-state index is 12.1. The van der Waals surface area contributed by atoms with E-state index >= 15 is 0 Å². The molecule has 3 N–H and O–H groups in total. The molecule has 6 heteroatoms. The molecule has 1 rings (SSSR count). The standard InChI is InChI=1S/C12H20N2O3S/c1-3-10(8-9-13)14-18(15,16)12-6-4-11(17-2)5-7-12/h4-7,10,14H,3,8-9,13H2,1-2H3. The van der Waals surface area contributed by atoms with E-state index < -0.39 is 10.0 Å². The fraction of sp³-hybridized carbons (Fsp3) is 0.500. The zero-order valence-electron chi connectivity index (χ0n) is 10.7. The molecule has 0 aromatic heterocycles. The largest absolute Gasteiger partial charge is 0.497 e. The predicted molar refractivity (Wildman–Crippen MR) is 71.1 cm³/mol. The van der Waals surface area contributed by atoms with Gasteiger partial charge >= 0.3 is 0 Å². The minimum Gasteiger partial charge on any atom is -0.497 e. The van der Waals surface area contributed by atoms with Crippen LogP contribution in [-0.2, 0) is 10.0 Å². The van der Waals surface area contributed by atoms with Gasteiger partial charge in [0, 0.05) is 6.04 Å². The molecule has 1 aromatic rings. The molecule has 0 aliphatic rings. The van der Waals surface area contributed by atoms with Crippen LogP contribution in [-0.4, -0.2) is 28.1 Å². The van der Waals surface area contributed by atoms with Crippen LogP contribution in [0.5, 0.6) is 5.75 Å². The average molecular weight is 272 g/mol. The number of benzene rings is 1. The van der Waals surface area contributed by atoms with Gasteiger partial charge in [0.1, 0.15) is 5.75 Å². The number of ether oxygens (including phenoxy) is 1. The lowest BCUT2D eigenvalue weighted by Gasteiger charge is -2.16. The van der Waals surface area contributed by atoms with E-state index in [2.05, 4.69) is 4.72 Å². The maximum Gasteiger partial charge on any atom is 0.240 e. The number of nitrogens with two attached hydrogens (primary N) is 1. The highest BCUT2D eigenvalue weighted by Gasteiger charge is 2.18. The van der Waals surface area contributed by atoms with Gasteiger partial charge in [-0.1, -0.05) is 6.92 Å². The second-order valence-electron chi connectivity index (χ2n) is 3.98. The van der Waals surface area contributed by atoms with Gasteiger partial charge < -0.3 is 10.5 Å². The predicted octanol–water partition coefficient (Wildman–Crippen LogP) is 1.10. The van der Waals surface area contributed by atoms with Gasteiger partial charge in [-0.15, -0.1) is 0 Å². The van der Waals surface area contributed by atoms with Crippen molar-refractivity contribution in [1.29, 1.82) is 0 Å². The molecular formula is C12H20N2O3S. The molecule has 0 amide bonds. The Balaban J connectivity index is 2.84. The molecule has 1 unspecified atom stereocenters. The first kappa shape index (κ1) is 14.9. The van der Waals surface area contributed by atoms with E-state index in [1.54, 1.807) is 12.1 Å². The average Bonchev–Trinajstić information content (AvgIpc) is 2.38. The van der Waals surface area contributed by atoms with Crippen LogP contribution in [0, 0.1) is 0 Å². The Kier molecular flexibility index (Phi) is 5.58. The van der Waals surface area contributed by atoms with Crippen LogP contribution in [0.4, 0.5) is 0 Å². The van der Waals surface area contributed by atoms with Gasteiger partial charge in [-0.3, -0.25) is 0 Å². The van der Waals surface area contributed by atoms with Gasteiger partial charge in [0.05, 0.1) is 12.0 Å². The topological polar surface area (TPSA) is 81.4 Å². The molecule has 0 heterocycles. The molecule has 1 aromatic carbocycles. The quantitative estimate of drug-likeness (QED) is 0.779. The summed E-state index contributed by atoms with van der Waals surface area (Å²) in [6, 6.07) is 6.17. The summed E-state index contributed by atoms with van der Waals surface area (Å²) >= 11 is 0. The highest BCUT2D eigenvalue weighted by atomic mass is 32.2. The Morgan fingerprint density at radius 2 is 1.94 bits per heavy atom. The molecule has 0 aliphatic carbocycles. The smallest absolute Gasteiger partial charge is 0.240 e. The number of rotatable bonds is 7. The number of hydrogen-bond donors (Lipinski definition) is 2. The molecule has 0 spiro atoms. The third-order valence-corrected chi connectivity index (χ3v) is 4.24. The number of methoxy groups -OCH3 is 1. The van der Waals surface area contributed by atoms with Crippen molar-refractivity contribution in [3.63, 3.8) is 0 Å². The third kappa shape index (κ3) is 3.97. The number of hydrogen-bond acceptors (Lipinski definition) is 4. The zero-order valence-corrected chi connectivity index (χ0v) is 11.5. The van der Waals surface area contributed by atoms with Gasteiger partial charge in [0.15, 0.2) is 0 Å². The summed E-state index contributed by atoms with van der Waals surface area (Å²) in [4.78, 5) is 0.235. The Morgan fingerprint density at radius 3 is 2.39 bits per heavy atom. The lowest BCUT2D eigenvalue weighted by Crippen LogP contribution is -2.35. The SMILES string of the molecule is CCC(CCN)NS(=O)(=O)c1ccc(OC)cc1. The fourth-order valence-corrected chi connectivity index (χ4v) is 2.94. The van der Waals surface area contributed by atoms with Crippen molar-refractivity contribution >= 4 is 10.0 Å². The Bertz CT molecular complexity index is 457. The lowest BCUT2D eigenvalue weighted by atomic mass is 10.2. The van der Waals surface area contributed by atoms with E-state index in [0.29, 0.717) is 25.1 Å². The number of sulfonamides is 1. The lowest BCUT2D eigenvalue weighted by molar-refractivity contribution is 0.414. The van der Waals surface area contributed by atoms with Gasteiger partial charge in [-0.25, -0.2) is 13.1 Å². The minimum absolute atomic E-state index is 0.123. The molecule has 0 saturated heterocycles. The Morgan fingerprint density at radius 1 is 1.33 bits per heavy atom. The molecular weight excluding hydrogens is 252 g/mol. The maximum atomic E-state index is 12.1.